The van der Waals surface area contributed by atoms with Gasteiger partial charge in [-0.1, -0.05) is 6.07 Å². The fourth-order valence-corrected chi connectivity index (χ4v) is 4.31. The lowest BCUT2D eigenvalue weighted by molar-refractivity contribution is 0.103. The molecule has 0 aliphatic carbocycles. The molecule has 1 aromatic heterocycles. The van der Waals surface area contributed by atoms with Crippen LogP contribution in [-0.2, 0) is 10.0 Å². The summed E-state index contributed by atoms with van der Waals surface area (Å²) in [6.07, 6.45) is 0. The van der Waals surface area contributed by atoms with Crippen LogP contribution in [0.15, 0.2) is 64.9 Å². The maximum Gasteiger partial charge on any atom is 0.265 e. The van der Waals surface area contributed by atoms with E-state index in [-0.39, 0.29) is 16.6 Å². The van der Waals surface area contributed by atoms with Crippen molar-refractivity contribution in [3.8, 4) is 11.5 Å². The van der Waals surface area contributed by atoms with E-state index in [0.717, 1.165) is 0 Å². The van der Waals surface area contributed by atoms with E-state index in [9.17, 15) is 13.2 Å². The molecule has 0 saturated heterocycles. The van der Waals surface area contributed by atoms with Gasteiger partial charge in [-0.25, -0.2) is 8.42 Å². The Hall–Kier alpha value is -3.04. The van der Waals surface area contributed by atoms with Crippen molar-refractivity contribution in [1.82, 2.24) is 0 Å². The number of methoxy groups -OCH3 is 2. The summed E-state index contributed by atoms with van der Waals surface area (Å²) >= 11 is 1.29. The van der Waals surface area contributed by atoms with Gasteiger partial charge in [0.05, 0.1) is 19.1 Å². The fraction of sp³-hybridized carbons (Fsp3) is 0.105. The third-order valence-electron chi connectivity index (χ3n) is 3.80. The molecular formula is C19H18N2O5S2. The van der Waals surface area contributed by atoms with Gasteiger partial charge in [-0.05, 0) is 53.9 Å². The van der Waals surface area contributed by atoms with E-state index in [1.807, 2.05) is 0 Å². The predicted molar refractivity (Wildman–Crippen MR) is 109 cm³/mol. The van der Waals surface area contributed by atoms with Crippen LogP contribution in [0, 0.1) is 0 Å². The molecule has 2 aromatic carbocycles. The Bertz CT molecular complexity index is 1060. The van der Waals surface area contributed by atoms with Gasteiger partial charge >= 0.3 is 0 Å². The van der Waals surface area contributed by atoms with E-state index < -0.39 is 10.0 Å². The molecule has 2 N–H and O–H groups in total. The van der Waals surface area contributed by atoms with Gasteiger partial charge in [0.15, 0.2) is 0 Å². The fourth-order valence-electron chi connectivity index (χ4n) is 2.43. The average molecular weight is 418 g/mol. The maximum atomic E-state index is 12.9. The second kappa shape index (κ2) is 8.32. The topological polar surface area (TPSA) is 93.7 Å². The van der Waals surface area contributed by atoms with Crippen LogP contribution in [0.4, 0.5) is 11.4 Å². The number of thiophene rings is 1. The van der Waals surface area contributed by atoms with Crippen molar-refractivity contribution in [2.24, 2.45) is 0 Å². The number of hydrogen-bond acceptors (Lipinski definition) is 6. The quantitative estimate of drug-likeness (QED) is 0.608. The Morgan fingerprint density at radius 2 is 1.68 bits per heavy atom. The number of rotatable bonds is 7. The number of anilines is 2. The minimum atomic E-state index is -3.95. The molecule has 0 aliphatic rings. The zero-order valence-electron chi connectivity index (χ0n) is 15.1. The van der Waals surface area contributed by atoms with E-state index >= 15 is 0 Å². The van der Waals surface area contributed by atoms with Crippen LogP contribution < -0.4 is 19.5 Å². The van der Waals surface area contributed by atoms with Gasteiger partial charge in [0.2, 0.25) is 0 Å². The number of hydrogen-bond donors (Lipinski definition) is 2. The summed E-state index contributed by atoms with van der Waals surface area (Å²) in [5, 5.41) is 4.48. The van der Waals surface area contributed by atoms with E-state index in [2.05, 4.69) is 10.0 Å². The van der Waals surface area contributed by atoms with Crippen molar-refractivity contribution >= 4 is 38.6 Å². The van der Waals surface area contributed by atoms with Crippen molar-refractivity contribution < 1.29 is 22.7 Å². The first-order chi connectivity index (χ1) is 13.4. The van der Waals surface area contributed by atoms with Crippen molar-refractivity contribution in [3.05, 3.63) is 64.9 Å². The smallest absolute Gasteiger partial charge is 0.265 e. The highest BCUT2D eigenvalue weighted by Gasteiger charge is 2.21. The largest absolute Gasteiger partial charge is 0.497 e. The van der Waals surface area contributed by atoms with Crippen molar-refractivity contribution in [3.63, 3.8) is 0 Å². The standard InChI is InChI=1S/C19H18N2O5S2/c1-25-15-8-5-13(6-9-15)21-28(23,24)18-12-14(7-10-16(18)26-2)20-19(22)17-4-3-11-27-17/h3-12,21H,1-2H3,(H,20,22). The Morgan fingerprint density at radius 1 is 0.964 bits per heavy atom. The first kappa shape index (κ1) is 19.7. The number of carbonyl (C=O) groups is 1. The van der Waals surface area contributed by atoms with Gasteiger partial charge in [-0.15, -0.1) is 11.3 Å². The first-order valence-electron chi connectivity index (χ1n) is 8.13. The van der Waals surface area contributed by atoms with E-state index in [1.165, 1.54) is 37.7 Å². The molecule has 0 saturated carbocycles. The number of ether oxygens (including phenoxy) is 2. The Kier molecular flexibility index (Phi) is 5.86. The van der Waals surface area contributed by atoms with Crippen LogP contribution in [0.1, 0.15) is 9.67 Å². The van der Waals surface area contributed by atoms with Crippen molar-refractivity contribution in [1.29, 1.82) is 0 Å². The van der Waals surface area contributed by atoms with Gasteiger partial charge in [0.25, 0.3) is 15.9 Å². The monoisotopic (exact) mass is 418 g/mol. The number of amides is 1. The highest BCUT2D eigenvalue weighted by Crippen LogP contribution is 2.29. The summed E-state index contributed by atoms with van der Waals surface area (Å²) in [7, 11) is -1.04. The molecule has 9 heteroatoms. The van der Waals surface area contributed by atoms with Crippen LogP contribution in [0.3, 0.4) is 0 Å². The Labute approximate surface area is 167 Å². The van der Waals surface area contributed by atoms with Gasteiger partial charge in [0, 0.05) is 11.4 Å². The highest BCUT2D eigenvalue weighted by molar-refractivity contribution is 7.92. The second-order valence-electron chi connectivity index (χ2n) is 5.63. The molecule has 146 valence electrons. The normalized spacial score (nSPS) is 10.9. The SMILES string of the molecule is COc1ccc(NS(=O)(=O)c2cc(NC(=O)c3cccs3)ccc2OC)cc1. The summed E-state index contributed by atoms with van der Waals surface area (Å²) in [6.45, 7) is 0. The molecule has 0 aliphatic heterocycles. The Balaban J connectivity index is 1.88. The van der Waals surface area contributed by atoms with Crippen LogP contribution >= 0.6 is 11.3 Å². The van der Waals surface area contributed by atoms with Gasteiger partial charge in [-0.3, -0.25) is 9.52 Å². The summed E-state index contributed by atoms with van der Waals surface area (Å²) in [5.74, 6) is 0.459. The zero-order valence-corrected chi connectivity index (χ0v) is 16.8. The summed E-state index contributed by atoms with van der Waals surface area (Å²) < 4.78 is 38.5. The number of sulfonamides is 1. The maximum absolute atomic E-state index is 12.9. The molecule has 28 heavy (non-hydrogen) atoms. The number of nitrogens with one attached hydrogen (secondary N) is 2. The van der Waals surface area contributed by atoms with Crippen LogP contribution in [-0.4, -0.2) is 28.5 Å². The predicted octanol–water partition coefficient (Wildman–Crippen LogP) is 3.82. The Morgan fingerprint density at radius 3 is 2.29 bits per heavy atom. The van der Waals surface area contributed by atoms with Crippen LogP contribution in [0.2, 0.25) is 0 Å². The number of benzene rings is 2. The minimum Gasteiger partial charge on any atom is -0.497 e. The summed E-state index contributed by atoms with van der Waals surface area (Å²) in [6, 6.07) is 14.4. The molecule has 3 rings (SSSR count). The van der Waals surface area contributed by atoms with Gasteiger partial charge < -0.3 is 14.8 Å². The second-order valence-corrected chi connectivity index (χ2v) is 8.23. The molecule has 0 radical (unpaired) electrons. The lowest BCUT2D eigenvalue weighted by Gasteiger charge is -2.14. The van der Waals surface area contributed by atoms with Crippen LogP contribution in [0.5, 0.6) is 11.5 Å². The van der Waals surface area contributed by atoms with Crippen molar-refractivity contribution in [2.75, 3.05) is 24.3 Å². The zero-order chi connectivity index (χ0) is 20.1. The first-order valence-corrected chi connectivity index (χ1v) is 10.5. The average Bonchev–Trinajstić information content (AvgIpc) is 3.23. The lowest BCUT2D eigenvalue weighted by atomic mass is 10.3. The number of carbonyl (C=O) groups excluding carboxylic acids is 1. The minimum absolute atomic E-state index is 0.0882. The lowest BCUT2D eigenvalue weighted by Crippen LogP contribution is -2.15. The van der Waals surface area contributed by atoms with E-state index in [1.54, 1.807) is 47.8 Å². The molecule has 0 unspecified atom stereocenters. The van der Waals surface area contributed by atoms with Gasteiger partial charge in [-0.2, -0.15) is 0 Å². The van der Waals surface area contributed by atoms with Gasteiger partial charge in [0.1, 0.15) is 16.4 Å². The molecular weight excluding hydrogens is 400 g/mol. The molecule has 1 amide bonds. The molecule has 0 atom stereocenters. The molecule has 0 bridgehead atoms. The summed E-state index contributed by atoms with van der Waals surface area (Å²) in [4.78, 5) is 12.7. The molecule has 0 fully saturated rings. The van der Waals surface area contributed by atoms with Crippen LogP contribution in [0.25, 0.3) is 0 Å². The van der Waals surface area contributed by atoms with E-state index in [0.29, 0.717) is 22.0 Å². The third-order valence-corrected chi connectivity index (χ3v) is 6.07. The summed E-state index contributed by atoms with van der Waals surface area (Å²) in [5.41, 5.74) is 0.713. The van der Waals surface area contributed by atoms with E-state index in [4.69, 9.17) is 9.47 Å². The highest BCUT2D eigenvalue weighted by atomic mass is 32.2. The molecule has 0 spiro atoms. The molecule has 1 heterocycles. The molecule has 3 aromatic rings. The molecule has 7 nitrogen and oxygen atoms in total. The van der Waals surface area contributed by atoms with Crippen molar-refractivity contribution in [2.45, 2.75) is 4.90 Å². The third kappa shape index (κ3) is 4.44.